The maximum Gasteiger partial charge on any atom is 0.287 e. The predicted octanol–water partition coefficient (Wildman–Crippen LogP) is 3.62. The molecule has 2 heterocycles. The lowest BCUT2D eigenvalue weighted by atomic mass is 10.0. The van der Waals surface area contributed by atoms with Crippen LogP contribution >= 0.6 is 15.9 Å². The van der Waals surface area contributed by atoms with Crippen LogP contribution in [-0.2, 0) is 0 Å². The number of benzene rings is 1. The molecule has 3 rings (SSSR count). The summed E-state index contributed by atoms with van der Waals surface area (Å²) in [6.45, 7) is 2.62. The van der Waals surface area contributed by atoms with Crippen molar-refractivity contribution in [1.82, 2.24) is 10.2 Å². The number of furan rings is 1. The summed E-state index contributed by atoms with van der Waals surface area (Å²) in [7, 11) is 1.67. The van der Waals surface area contributed by atoms with Crippen LogP contribution in [0.4, 0.5) is 0 Å². The number of halogens is 1. The number of nitrogens with zero attached hydrogens (tertiary/aromatic N) is 1. The summed E-state index contributed by atoms with van der Waals surface area (Å²) in [4.78, 5) is 14.7. The molecule has 1 atom stereocenters. The zero-order valence-electron chi connectivity index (χ0n) is 13.6. The lowest BCUT2D eigenvalue weighted by Gasteiger charge is -2.28. The topological polar surface area (TPSA) is 54.7 Å². The molecule has 0 bridgehead atoms. The molecule has 1 unspecified atom stereocenters. The SMILES string of the molecule is COc1cccc(C(CNC(=O)c2ccc(Br)o2)N2CCCC2)c1. The Morgan fingerprint density at radius 2 is 2.12 bits per heavy atom. The molecule has 24 heavy (non-hydrogen) atoms. The zero-order chi connectivity index (χ0) is 16.9. The van der Waals surface area contributed by atoms with E-state index in [1.807, 2.05) is 18.2 Å². The summed E-state index contributed by atoms with van der Waals surface area (Å²) < 4.78 is 11.2. The predicted molar refractivity (Wildman–Crippen MR) is 95.3 cm³/mol. The molecule has 128 valence electrons. The van der Waals surface area contributed by atoms with E-state index in [0.717, 1.165) is 24.4 Å². The Kier molecular flexibility index (Phi) is 5.58. The quantitative estimate of drug-likeness (QED) is 0.815. The molecule has 6 heteroatoms. The van der Waals surface area contributed by atoms with Crippen molar-refractivity contribution >= 4 is 21.8 Å². The molecule has 0 spiro atoms. The van der Waals surface area contributed by atoms with Crippen molar-refractivity contribution in [1.29, 1.82) is 0 Å². The average molecular weight is 393 g/mol. The van der Waals surface area contributed by atoms with Gasteiger partial charge in [-0.05, 0) is 71.7 Å². The molecule has 1 aromatic carbocycles. The van der Waals surface area contributed by atoms with E-state index in [-0.39, 0.29) is 11.9 Å². The molecule has 1 saturated heterocycles. The summed E-state index contributed by atoms with van der Waals surface area (Å²) >= 11 is 3.22. The molecule has 1 aromatic heterocycles. The van der Waals surface area contributed by atoms with Gasteiger partial charge in [-0.25, -0.2) is 0 Å². The minimum atomic E-state index is -0.201. The number of likely N-dealkylation sites (tertiary alicyclic amines) is 1. The van der Waals surface area contributed by atoms with Crippen molar-refractivity contribution in [3.8, 4) is 5.75 Å². The normalized spacial score (nSPS) is 16.1. The summed E-state index contributed by atoms with van der Waals surface area (Å²) in [6.07, 6.45) is 2.39. The van der Waals surface area contributed by atoms with Gasteiger partial charge in [0.05, 0.1) is 13.2 Å². The average Bonchev–Trinajstić information content (AvgIpc) is 3.27. The second kappa shape index (κ2) is 7.85. The Morgan fingerprint density at radius 1 is 1.33 bits per heavy atom. The molecule has 5 nitrogen and oxygen atoms in total. The number of amides is 1. The lowest BCUT2D eigenvalue weighted by Crippen LogP contribution is -2.36. The van der Waals surface area contributed by atoms with Crippen LogP contribution in [0.25, 0.3) is 0 Å². The van der Waals surface area contributed by atoms with E-state index in [1.54, 1.807) is 19.2 Å². The van der Waals surface area contributed by atoms with Gasteiger partial charge in [-0.2, -0.15) is 0 Å². The number of carbonyl (C=O) groups excluding carboxylic acids is 1. The van der Waals surface area contributed by atoms with E-state index in [4.69, 9.17) is 9.15 Å². The van der Waals surface area contributed by atoms with Gasteiger partial charge in [0.1, 0.15) is 5.75 Å². The highest BCUT2D eigenvalue weighted by atomic mass is 79.9. The minimum Gasteiger partial charge on any atom is -0.497 e. The fraction of sp³-hybridized carbons (Fsp3) is 0.389. The van der Waals surface area contributed by atoms with Gasteiger partial charge in [0.15, 0.2) is 10.4 Å². The fourth-order valence-corrected chi connectivity index (χ4v) is 3.38. The van der Waals surface area contributed by atoms with E-state index in [1.165, 1.54) is 12.8 Å². The Bertz CT molecular complexity index is 695. The maximum absolute atomic E-state index is 12.3. The number of methoxy groups -OCH3 is 1. The van der Waals surface area contributed by atoms with Crippen molar-refractivity contribution in [2.45, 2.75) is 18.9 Å². The van der Waals surface area contributed by atoms with E-state index < -0.39 is 0 Å². The van der Waals surface area contributed by atoms with Crippen molar-refractivity contribution in [3.63, 3.8) is 0 Å². The van der Waals surface area contributed by atoms with E-state index in [9.17, 15) is 4.79 Å². The van der Waals surface area contributed by atoms with Gasteiger partial charge in [-0.1, -0.05) is 12.1 Å². The molecule has 0 radical (unpaired) electrons. The third kappa shape index (κ3) is 3.99. The standard InChI is InChI=1S/C18H21BrN2O3/c1-23-14-6-4-5-13(11-14)15(21-9-2-3-10-21)12-20-18(22)16-7-8-17(19)24-16/h4-8,11,15H,2-3,9-10,12H2,1H3,(H,20,22). The number of carbonyl (C=O) groups is 1. The number of hydrogen-bond donors (Lipinski definition) is 1. The van der Waals surface area contributed by atoms with Crippen LogP contribution in [0.15, 0.2) is 45.5 Å². The van der Waals surface area contributed by atoms with Crippen molar-refractivity contribution in [2.24, 2.45) is 0 Å². The van der Waals surface area contributed by atoms with Crippen LogP contribution in [-0.4, -0.2) is 37.6 Å². The monoisotopic (exact) mass is 392 g/mol. The van der Waals surface area contributed by atoms with Crippen LogP contribution in [0.2, 0.25) is 0 Å². The summed E-state index contributed by atoms with van der Waals surface area (Å²) in [6, 6.07) is 11.6. The van der Waals surface area contributed by atoms with Gasteiger partial charge in [-0.3, -0.25) is 9.69 Å². The van der Waals surface area contributed by atoms with Gasteiger partial charge in [0.25, 0.3) is 5.91 Å². The molecule has 0 aliphatic carbocycles. The Labute approximate surface area is 150 Å². The highest BCUT2D eigenvalue weighted by molar-refractivity contribution is 9.10. The molecule has 1 amide bonds. The largest absolute Gasteiger partial charge is 0.497 e. The number of nitrogens with one attached hydrogen (secondary N) is 1. The lowest BCUT2D eigenvalue weighted by molar-refractivity contribution is 0.0909. The van der Waals surface area contributed by atoms with Gasteiger partial charge < -0.3 is 14.5 Å². The number of rotatable bonds is 6. The molecule has 0 saturated carbocycles. The molecule has 2 aromatic rings. The second-order valence-corrected chi connectivity index (χ2v) is 6.63. The summed E-state index contributed by atoms with van der Waals surface area (Å²) in [5.74, 6) is 0.943. The van der Waals surface area contributed by atoms with Gasteiger partial charge in [0, 0.05) is 6.54 Å². The molecule has 1 N–H and O–H groups in total. The van der Waals surface area contributed by atoms with Crippen molar-refractivity contribution in [3.05, 3.63) is 52.4 Å². The third-order valence-corrected chi connectivity index (χ3v) is 4.74. The summed E-state index contributed by atoms with van der Waals surface area (Å²) in [5.41, 5.74) is 1.15. The first-order valence-electron chi connectivity index (χ1n) is 8.09. The first-order valence-corrected chi connectivity index (χ1v) is 8.88. The Hall–Kier alpha value is -1.79. The van der Waals surface area contributed by atoms with Crippen LogP contribution in [0.5, 0.6) is 5.75 Å². The van der Waals surface area contributed by atoms with E-state index in [0.29, 0.717) is 17.0 Å². The van der Waals surface area contributed by atoms with E-state index >= 15 is 0 Å². The fourth-order valence-electron chi connectivity index (χ4n) is 3.07. The van der Waals surface area contributed by atoms with Crippen molar-refractivity contribution < 1.29 is 13.9 Å². The second-order valence-electron chi connectivity index (χ2n) is 5.85. The molecular formula is C18H21BrN2O3. The highest BCUT2D eigenvalue weighted by Gasteiger charge is 2.25. The molecule has 1 aliphatic rings. The maximum atomic E-state index is 12.3. The Balaban J connectivity index is 1.73. The van der Waals surface area contributed by atoms with Gasteiger partial charge in [0.2, 0.25) is 0 Å². The smallest absolute Gasteiger partial charge is 0.287 e. The zero-order valence-corrected chi connectivity index (χ0v) is 15.2. The Morgan fingerprint density at radius 3 is 2.79 bits per heavy atom. The minimum absolute atomic E-state index is 0.130. The van der Waals surface area contributed by atoms with Crippen molar-refractivity contribution in [2.75, 3.05) is 26.7 Å². The number of hydrogen-bond acceptors (Lipinski definition) is 4. The first kappa shape index (κ1) is 17.0. The molecule has 1 aliphatic heterocycles. The molecule has 1 fully saturated rings. The summed E-state index contributed by atoms with van der Waals surface area (Å²) in [5, 5.41) is 2.99. The van der Waals surface area contributed by atoms with Crippen LogP contribution in [0.1, 0.15) is 35.0 Å². The van der Waals surface area contributed by atoms with E-state index in [2.05, 4.69) is 32.2 Å². The first-order chi connectivity index (χ1) is 11.7. The molecular weight excluding hydrogens is 372 g/mol. The van der Waals surface area contributed by atoms with Crippen LogP contribution < -0.4 is 10.1 Å². The van der Waals surface area contributed by atoms with Gasteiger partial charge in [-0.15, -0.1) is 0 Å². The number of ether oxygens (including phenoxy) is 1. The third-order valence-electron chi connectivity index (χ3n) is 4.31. The van der Waals surface area contributed by atoms with Gasteiger partial charge >= 0.3 is 0 Å². The van der Waals surface area contributed by atoms with Crippen LogP contribution in [0.3, 0.4) is 0 Å². The highest BCUT2D eigenvalue weighted by Crippen LogP contribution is 2.27. The van der Waals surface area contributed by atoms with Crippen LogP contribution in [0, 0.1) is 0 Å².